The number of anilines is 1. The number of nitrogens with zero attached hydrogens (tertiary/aromatic N) is 1. The van der Waals surface area contributed by atoms with Crippen LogP contribution in [-0.4, -0.2) is 4.98 Å². The number of hydrogen-bond donors (Lipinski definition) is 1. The number of nitrogen functional groups attached to an aromatic ring is 1. The van der Waals surface area contributed by atoms with Crippen LogP contribution < -0.4 is 5.73 Å². The zero-order chi connectivity index (χ0) is 9.30. The monoisotopic (exact) mass is 196 g/mol. The Morgan fingerprint density at radius 2 is 2.08 bits per heavy atom. The van der Waals surface area contributed by atoms with E-state index in [0.717, 1.165) is 6.07 Å². The molecule has 0 bridgehead atoms. The molecular weight excluding hydrogens is 193 g/mol. The number of halogens is 4. The van der Waals surface area contributed by atoms with Gasteiger partial charge < -0.3 is 5.73 Å². The third-order valence-electron chi connectivity index (χ3n) is 1.17. The summed E-state index contributed by atoms with van der Waals surface area (Å²) in [6.07, 6.45) is -2.92. The number of rotatable bonds is 1. The van der Waals surface area contributed by atoms with Gasteiger partial charge >= 0.3 is 0 Å². The van der Waals surface area contributed by atoms with Crippen LogP contribution in [0.4, 0.5) is 19.0 Å². The predicted molar refractivity (Wildman–Crippen MR) is 38.6 cm³/mol. The molecule has 12 heavy (non-hydrogen) atoms. The zero-order valence-corrected chi connectivity index (χ0v) is 6.45. The van der Waals surface area contributed by atoms with E-state index in [-0.39, 0.29) is 5.82 Å². The van der Waals surface area contributed by atoms with Crippen molar-refractivity contribution < 1.29 is 13.2 Å². The van der Waals surface area contributed by atoms with Gasteiger partial charge in [0.2, 0.25) is 0 Å². The lowest BCUT2D eigenvalue weighted by Gasteiger charge is -2.03. The van der Waals surface area contributed by atoms with Gasteiger partial charge in [-0.25, -0.2) is 18.2 Å². The van der Waals surface area contributed by atoms with Crippen molar-refractivity contribution in [3.63, 3.8) is 0 Å². The van der Waals surface area contributed by atoms with E-state index in [9.17, 15) is 13.2 Å². The first kappa shape index (κ1) is 9.12. The molecule has 0 aliphatic carbocycles. The Bertz CT molecular complexity index is 303. The van der Waals surface area contributed by atoms with Crippen LogP contribution in [0.1, 0.15) is 12.1 Å². The summed E-state index contributed by atoms with van der Waals surface area (Å²) in [5.74, 6) is -1.30. The van der Waals surface area contributed by atoms with E-state index in [0.29, 0.717) is 0 Å². The van der Waals surface area contributed by atoms with Gasteiger partial charge in [-0.3, -0.25) is 0 Å². The van der Waals surface area contributed by atoms with Gasteiger partial charge in [0.15, 0.2) is 0 Å². The molecule has 0 amide bonds. The summed E-state index contributed by atoms with van der Waals surface area (Å²) in [7, 11) is 0. The topological polar surface area (TPSA) is 38.9 Å². The lowest BCUT2D eigenvalue weighted by molar-refractivity contribution is 0.146. The highest BCUT2D eigenvalue weighted by Gasteiger charge is 2.17. The average Bonchev–Trinajstić information content (AvgIpc) is 1.96. The largest absolute Gasteiger partial charge is 0.384 e. The summed E-state index contributed by atoms with van der Waals surface area (Å²) >= 11 is 5.19. The van der Waals surface area contributed by atoms with Gasteiger partial charge in [0, 0.05) is 6.07 Å². The molecule has 0 aliphatic rings. The third-order valence-corrected chi connectivity index (χ3v) is 1.54. The average molecular weight is 197 g/mol. The molecule has 1 rings (SSSR count). The second-order valence-corrected chi connectivity index (χ2v) is 2.41. The summed E-state index contributed by atoms with van der Waals surface area (Å²) < 4.78 is 36.7. The molecule has 2 N–H and O–H groups in total. The molecule has 6 heteroatoms. The van der Waals surface area contributed by atoms with E-state index in [1.165, 1.54) is 0 Å². The molecule has 0 fully saturated rings. The van der Waals surface area contributed by atoms with Crippen LogP contribution in [0.2, 0.25) is 5.02 Å². The smallest absolute Gasteiger partial charge is 0.282 e. The van der Waals surface area contributed by atoms with Crippen molar-refractivity contribution in [2.24, 2.45) is 0 Å². The highest BCUT2D eigenvalue weighted by atomic mass is 35.5. The molecule has 0 atom stereocenters. The van der Waals surface area contributed by atoms with Crippen LogP contribution >= 0.6 is 11.6 Å². The van der Waals surface area contributed by atoms with E-state index in [4.69, 9.17) is 17.3 Å². The molecule has 0 aromatic carbocycles. The fourth-order valence-corrected chi connectivity index (χ4v) is 0.860. The normalized spacial score (nSPS) is 10.8. The van der Waals surface area contributed by atoms with Gasteiger partial charge in [-0.2, -0.15) is 0 Å². The summed E-state index contributed by atoms with van der Waals surface area (Å²) in [6, 6.07) is 0.786. The number of nitrogens with two attached hydrogens (primary N) is 1. The summed E-state index contributed by atoms with van der Waals surface area (Å²) in [5.41, 5.74) is 4.20. The minimum atomic E-state index is -2.92. The van der Waals surface area contributed by atoms with Crippen molar-refractivity contribution >= 4 is 17.4 Å². The Hall–Kier alpha value is -0.970. The highest BCUT2D eigenvalue weighted by Crippen LogP contribution is 2.28. The van der Waals surface area contributed by atoms with Crippen LogP contribution in [0.3, 0.4) is 0 Å². The first-order chi connectivity index (χ1) is 5.52. The van der Waals surface area contributed by atoms with E-state index in [2.05, 4.69) is 4.98 Å². The van der Waals surface area contributed by atoms with Crippen molar-refractivity contribution in [1.82, 2.24) is 4.98 Å². The molecule has 2 nitrogen and oxygen atoms in total. The molecule has 1 aromatic heterocycles. The molecule has 0 saturated heterocycles. The lowest BCUT2D eigenvalue weighted by Crippen LogP contribution is -1.99. The van der Waals surface area contributed by atoms with Crippen LogP contribution in [0.25, 0.3) is 0 Å². The maximum atomic E-state index is 12.6. The van der Waals surface area contributed by atoms with Crippen molar-refractivity contribution in [3.05, 3.63) is 22.6 Å². The van der Waals surface area contributed by atoms with E-state index in [1.54, 1.807) is 0 Å². The van der Waals surface area contributed by atoms with Gasteiger partial charge in [-0.15, -0.1) is 0 Å². The predicted octanol–water partition coefficient (Wildman–Crippen LogP) is 2.39. The minimum absolute atomic E-state index is 0.313. The van der Waals surface area contributed by atoms with Gasteiger partial charge in [-0.1, -0.05) is 11.6 Å². The number of alkyl halides is 2. The number of aromatic nitrogens is 1. The molecule has 0 unspecified atom stereocenters. The number of hydrogen-bond acceptors (Lipinski definition) is 2. The Labute approximate surface area is 71.2 Å². The molecular formula is C6H4ClF3N2. The first-order valence-electron chi connectivity index (χ1n) is 2.92. The Morgan fingerprint density at radius 1 is 1.50 bits per heavy atom. The Morgan fingerprint density at radius 3 is 2.58 bits per heavy atom. The molecule has 66 valence electrons. The summed E-state index contributed by atoms with van der Waals surface area (Å²) in [4.78, 5) is 3.19. The second-order valence-electron chi connectivity index (χ2n) is 2.03. The quantitative estimate of drug-likeness (QED) is 0.749. The fourth-order valence-electron chi connectivity index (χ4n) is 0.681. The Kier molecular flexibility index (Phi) is 2.42. The van der Waals surface area contributed by atoms with Gasteiger partial charge in [0.1, 0.15) is 22.4 Å². The maximum absolute atomic E-state index is 12.6. The summed E-state index contributed by atoms with van der Waals surface area (Å²) in [5, 5.41) is -0.681. The van der Waals surface area contributed by atoms with Gasteiger partial charge in [-0.05, 0) is 0 Å². The fraction of sp³-hybridized carbons (Fsp3) is 0.167. The van der Waals surface area contributed by atoms with E-state index >= 15 is 0 Å². The lowest BCUT2D eigenvalue weighted by atomic mass is 10.3. The van der Waals surface area contributed by atoms with E-state index in [1.807, 2.05) is 0 Å². The Balaban J connectivity index is 3.28. The summed E-state index contributed by atoms with van der Waals surface area (Å²) in [6.45, 7) is 0. The first-order valence-corrected chi connectivity index (χ1v) is 3.29. The highest BCUT2D eigenvalue weighted by molar-refractivity contribution is 6.31. The third kappa shape index (κ3) is 1.61. The van der Waals surface area contributed by atoms with Crippen molar-refractivity contribution in [2.45, 2.75) is 6.43 Å². The minimum Gasteiger partial charge on any atom is -0.384 e. The van der Waals surface area contributed by atoms with Crippen LogP contribution in [0.5, 0.6) is 0 Å². The molecule has 0 radical (unpaired) electrons. The van der Waals surface area contributed by atoms with Crippen LogP contribution in [-0.2, 0) is 0 Å². The number of pyridine rings is 1. The zero-order valence-electron chi connectivity index (χ0n) is 5.69. The molecule has 1 heterocycles. The van der Waals surface area contributed by atoms with Gasteiger partial charge in [0.05, 0.1) is 0 Å². The van der Waals surface area contributed by atoms with Crippen molar-refractivity contribution in [1.29, 1.82) is 0 Å². The maximum Gasteiger partial charge on any atom is 0.282 e. The molecule has 0 saturated carbocycles. The SMILES string of the molecule is Nc1cc(F)c(Cl)c(C(F)F)n1. The molecule has 0 aliphatic heterocycles. The van der Waals surface area contributed by atoms with Crippen molar-refractivity contribution in [2.75, 3.05) is 5.73 Å². The molecule has 0 spiro atoms. The molecule has 1 aromatic rings. The standard InChI is InChI=1S/C6H4ClF3N2/c7-4-2(8)1-3(11)12-5(4)6(9)10/h1,6H,(H2,11,12). The van der Waals surface area contributed by atoms with Gasteiger partial charge in [0.25, 0.3) is 6.43 Å². The van der Waals surface area contributed by atoms with Crippen LogP contribution in [0, 0.1) is 5.82 Å². The van der Waals surface area contributed by atoms with Crippen LogP contribution in [0.15, 0.2) is 6.07 Å². The second kappa shape index (κ2) is 3.18. The van der Waals surface area contributed by atoms with E-state index < -0.39 is 23.0 Å². The van der Waals surface area contributed by atoms with Crippen molar-refractivity contribution in [3.8, 4) is 0 Å².